The van der Waals surface area contributed by atoms with Crippen molar-refractivity contribution >= 4 is 16.9 Å². The second-order valence-corrected chi connectivity index (χ2v) is 6.81. The van der Waals surface area contributed by atoms with Gasteiger partial charge < -0.3 is 9.47 Å². The number of hydrogen-bond acceptors (Lipinski definition) is 2. The highest BCUT2D eigenvalue weighted by molar-refractivity contribution is 5.81. The van der Waals surface area contributed by atoms with Gasteiger partial charge in [0, 0.05) is 36.3 Å². The summed E-state index contributed by atoms with van der Waals surface area (Å²) in [5.41, 5.74) is 4.21. The number of hydrogen-bond donors (Lipinski definition) is 0. The quantitative estimate of drug-likeness (QED) is 0.705. The number of pyridine rings is 1. The first kappa shape index (κ1) is 15.9. The van der Waals surface area contributed by atoms with Gasteiger partial charge >= 0.3 is 0 Å². The summed E-state index contributed by atoms with van der Waals surface area (Å²) in [6.45, 7) is 5.45. The third-order valence-electron chi connectivity index (χ3n) is 4.91. The molecule has 4 rings (SSSR count). The lowest BCUT2D eigenvalue weighted by Gasteiger charge is -2.23. The Morgan fingerprint density at radius 3 is 2.76 bits per heavy atom. The molecule has 1 aliphatic carbocycles. The number of nitrogens with zero attached hydrogens (tertiary/aromatic N) is 3. The first-order valence-electron chi connectivity index (χ1n) is 8.99. The van der Waals surface area contributed by atoms with Crippen LogP contribution in [0.2, 0.25) is 0 Å². The summed E-state index contributed by atoms with van der Waals surface area (Å²) < 4.78 is 2.13. The Morgan fingerprint density at radius 1 is 1.20 bits per heavy atom. The SMILES string of the molecule is CCN(Cc1ccccc1-n1ccc2ccc(C)nc21)C(=O)C1CC1. The molecule has 1 fully saturated rings. The van der Waals surface area contributed by atoms with E-state index in [0.717, 1.165) is 47.4 Å². The number of fused-ring (bicyclic) bond motifs is 1. The summed E-state index contributed by atoms with van der Waals surface area (Å²) in [6, 6.07) is 14.5. The van der Waals surface area contributed by atoms with Crippen LogP contribution in [0.1, 0.15) is 31.0 Å². The van der Waals surface area contributed by atoms with Crippen LogP contribution in [0.5, 0.6) is 0 Å². The van der Waals surface area contributed by atoms with Gasteiger partial charge in [-0.2, -0.15) is 0 Å². The van der Waals surface area contributed by atoms with Gasteiger partial charge in [-0.3, -0.25) is 4.79 Å². The van der Waals surface area contributed by atoms with Gasteiger partial charge in [0.05, 0.1) is 5.69 Å². The maximum atomic E-state index is 12.5. The third kappa shape index (κ3) is 3.04. The minimum absolute atomic E-state index is 0.254. The molecule has 4 nitrogen and oxygen atoms in total. The summed E-state index contributed by atoms with van der Waals surface area (Å²) >= 11 is 0. The van der Waals surface area contributed by atoms with Crippen molar-refractivity contribution < 1.29 is 4.79 Å². The number of aromatic nitrogens is 2. The van der Waals surface area contributed by atoms with E-state index >= 15 is 0 Å². The van der Waals surface area contributed by atoms with Gasteiger partial charge in [0.15, 0.2) is 0 Å². The molecule has 128 valence electrons. The van der Waals surface area contributed by atoms with Crippen molar-refractivity contribution in [2.24, 2.45) is 5.92 Å². The van der Waals surface area contributed by atoms with Crippen LogP contribution in [-0.2, 0) is 11.3 Å². The van der Waals surface area contributed by atoms with Gasteiger partial charge in [0.1, 0.15) is 5.65 Å². The van der Waals surface area contributed by atoms with Gasteiger partial charge in [0.2, 0.25) is 5.91 Å². The van der Waals surface area contributed by atoms with Crippen LogP contribution in [0.15, 0.2) is 48.7 Å². The molecule has 3 aromatic rings. The molecule has 0 radical (unpaired) electrons. The van der Waals surface area contributed by atoms with E-state index in [2.05, 4.69) is 42.0 Å². The summed E-state index contributed by atoms with van der Waals surface area (Å²) in [5.74, 6) is 0.549. The number of carbonyl (C=O) groups is 1. The van der Waals surface area contributed by atoms with Crippen LogP contribution in [0, 0.1) is 12.8 Å². The predicted octanol–water partition coefficient (Wildman–Crippen LogP) is 4.09. The Hall–Kier alpha value is -2.62. The van der Waals surface area contributed by atoms with Gasteiger partial charge in [-0.1, -0.05) is 18.2 Å². The van der Waals surface area contributed by atoms with Crippen LogP contribution < -0.4 is 0 Å². The van der Waals surface area contributed by atoms with Crippen LogP contribution in [0.4, 0.5) is 0 Å². The predicted molar refractivity (Wildman–Crippen MR) is 99.6 cm³/mol. The standard InChI is InChI=1S/C21H23N3O/c1-3-23(21(25)17-10-11-17)14-18-6-4-5-7-19(18)24-13-12-16-9-8-15(2)22-20(16)24/h4-9,12-13,17H,3,10-11,14H2,1-2H3. The second-order valence-electron chi connectivity index (χ2n) is 6.81. The molecule has 1 aromatic carbocycles. The average Bonchev–Trinajstić information content (AvgIpc) is 3.40. The topological polar surface area (TPSA) is 38.1 Å². The Labute approximate surface area is 148 Å². The van der Waals surface area contributed by atoms with E-state index in [1.807, 2.05) is 30.0 Å². The first-order valence-corrected chi connectivity index (χ1v) is 8.99. The first-order chi connectivity index (χ1) is 12.2. The van der Waals surface area contributed by atoms with E-state index in [9.17, 15) is 4.79 Å². The average molecular weight is 333 g/mol. The molecular formula is C21H23N3O. The summed E-state index contributed by atoms with van der Waals surface area (Å²) in [5, 5.41) is 1.13. The zero-order valence-electron chi connectivity index (χ0n) is 14.8. The van der Waals surface area contributed by atoms with Gasteiger partial charge in [-0.25, -0.2) is 4.98 Å². The van der Waals surface area contributed by atoms with Crippen molar-refractivity contribution in [2.45, 2.75) is 33.2 Å². The molecule has 1 saturated carbocycles. The smallest absolute Gasteiger partial charge is 0.225 e. The minimum Gasteiger partial charge on any atom is -0.338 e. The number of para-hydroxylation sites is 1. The number of aryl methyl sites for hydroxylation is 1. The maximum Gasteiger partial charge on any atom is 0.225 e. The molecule has 2 heterocycles. The molecule has 0 saturated heterocycles. The van der Waals surface area contributed by atoms with E-state index in [-0.39, 0.29) is 5.92 Å². The zero-order chi connectivity index (χ0) is 17.4. The third-order valence-corrected chi connectivity index (χ3v) is 4.91. The Bertz CT molecular complexity index is 924. The fraction of sp³-hybridized carbons (Fsp3) is 0.333. The van der Waals surface area contributed by atoms with Crippen LogP contribution >= 0.6 is 0 Å². The van der Waals surface area contributed by atoms with Crippen LogP contribution in [0.3, 0.4) is 0 Å². The maximum absolute atomic E-state index is 12.5. The number of benzene rings is 1. The Morgan fingerprint density at radius 2 is 2.00 bits per heavy atom. The van der Waals surface area contributed by atoms with Crippen molar-refractivity contribution in [3.8, 4) is 5.69 Å². The van der Waals surface area contributed by atoms with Crippen molar-refractivity contribution in [1.29, 1.82) is 0 Å². The molecule has 25 heavy (non-hydrogen) atoms. The van der Waals surface area contributed by atoms with Gasteiger partial charge in [0.25, 0.3) is 0 Å². The zero-order valence-corrected chi connectivity index (χ0v) is 14.8. The second kappa shape index (κ2) is 6.36. The highest BCUT2D eigenvalue weighted by Crippen LogP contribution is 2.32. The number of carbonyl (C=O) groups excluding carboxylic acids is 1. The van der Waals surface area contributed by atoms with Gasteiger partial charge in [-0.15, -0.1) is 0 Å². The van der Waals surface area contributed by atoms with Crippen molar-refractivity contribution in [3.05, 3.63) is 59.9 Å². The van der Waals surface area contributed by atoms with E-state index in [4.69, 9.17) is 4.98 Å². The Balaban J connectivity index is 1.73. The molecule has 1 aliphatic rings. The molecule has 0 bridgehead atoms. The van der Waals surface area contributed by atoms with E-state index in [1.54, 1.807) is 0 Å². The molecule has 2 aromatic heterocycles. The molecule has 0 N–H and O–H groups in total. The van der Waals surface area contributed by atoms with Crippen molar-refractivity contribution in [1.82, 2.24) is 14.5 Å². The summed E-state index contributed by atoms with van der Waals surface area (Å²) in [4.78, 5) is 19.2. The highest BCUT2D eigenvalue weighted by Gasteiger charge is 2.33. The molecule has 4 heteroatoms. The van der Waals surface area contributed by atoms with E-state index in [1.165, 1.54) is 0 Å². The highest BCUT2D eigenvalue weighted by atomic mass is 16.2. The molecule has 0 aliphatic heterocycles. The van der Waals surface area contributed by atoms with E-state index < -0.39 is 0 Å². The molecule has 0 unspecified atom stereocenters. The molecule has 0 spiro atoms. The summed E-state index contributed by atoms with van der Waals surface area (Å²) in [6.07, 6.45) is 4.15. The lowest BCUT2D eigenvalue weighted by Crippen LogP contribution is -2.31. The number of amides is 1. The Kier molecular flexibility index (Phi) is 4.04. The van der Waals surface area contributed by atoms with Crippen LogP contribution in [-0.4, -0.2) is 26.9 Å². The number of rotatable bonds is 5. The largest absolute Gasteiger partial charge is 0.338 e. The lowest BCUT2D eigenvalue weighted by atomic mass is 10.1. The minimum atomic E-state index is 0.254. The molecule has 0 atom stereocenters. The molecular weight excluding hydrogens is 310 g/mol. The lowest BCUT2D eigenvalue weighted by molar-refractivity contribution is -0.132. The fourth-order valence-electron chi connectivity index (χ4n) is 3.32. The molecule has 1 amide bonds. The summed E-state index contributed by atoms with van der Waals surface area (Å²) in [7, 11) is 0. The fourth-order valence-corrected chi connectivity index (χ4v) is 3.32. The van der Waals surface area contributed by atoms with Crippen LogP contribution in [0.25, 0.3) is 16.7 Å². The monoisotopic (exact) mass is 333 g/mol. The van der Waals surface area contributed by atoms with Gasteiger partial charge in [-0.05, 0) is 56.5 Å². The van der Waals surface area contributed by atoms with E-state index in [0.29, 0.717) is 12.5 Å². The van der Waals surface area contributed by atoms with Crippen molar-refractivity contribution in [2.75, 3.05) is 6.54 Å². The van der Waals surface area contributed by atoms with Crippen molar-refractivity contribution in [3.63, 3.8) is 0 Å². The normalized spacial score (nSPS) is 14.0.